The van der Waals surface area contributed by atoms with Gasteiger partial charge in [-0.1, -0.05) is 217 Å². The number of hydrogen-bond acceptors (Lipinski definition) is 6. The monoisotopic (exact) mass is 902 g/mol. The van der Waals surface area contributed by atoms with Crippen molar-refractivity contribution in [3.05, 3.63) is 82.9 Å². The van der Waals surface area contributed by atoms with E-state index in [1.54, 1.807) is 0 Å². The van der Waals surface area contributed by atoms with Crippen molar-refractivity contribution in [3.63, 3.8) is 0 Å². The molecule has 0 N–H and O–H groups in total. The van der Waals surface area contributed by atoms with Gasteiger partial charge >= 0.3 is 37.7 Å². The van der Waals surface area contributed by atoms with Crippen LogP contribution < -0.4 is 0 Å². The molecule has 0 aromatic heterocycles. The summed E-state index contributed by atoms with van der Waals surface area (Å²) in [6.45, 7) is 8.82. The van der Waals surface area contributed by atoms with Crippen molar-refractivity contribution in [2.24, 2.45) is 0 Å². The SMILES string of the molecule is CCCCCCCCc1ccc2cccc(CCCCCCCC)c2c1S(=O)(=O)[O-].CCCCCCCCc1ccc2cccc(CCCCCCCC)c2c1S(=O)(=O)[O-].[Ca+2]. The molecule has 0 heterocycles. The second-order valence-electron chi connectivity index (χ2n) is 17.1. The van der Waals surface area contributed by atoms with E-state index >= 15 is 0 Å². The average Bonchev–Trinajstić information content (AvgIpc) is 3.22. The predicted molar refractivity (Wildman–Crippen MR) is 258 cm³/mol. The van der Waals surface area contributed by atoms with E-state index in [-0.39, 0.29) is 47.5 Å². The second-order valence-corrected chi connectivity index (χ2v) is 19.8. The summed E-state index contributed by atoms with van der Waals surface area (Å²) in [7, 11) is -9.05. The van der Waals surface area contributed by atoms with Crippen LogP contribution in [-0.2, 0) is 45.9 Å². The van der Waals surface area contributed by atoms with Crippen LogP contribution in [0.3, 0.4) is 0 Å². The summed E-state index contributed by atoms with van der Waals surface area (Å²) in [5.41, 5.74) is 3.40. The molecule has 0 aliphatic carbocycles. The second kappa shape index (κ2) is 31.4. The van der Waals surface area contributed by atoms with Gasteiger partial charge in [0, 0.05) is 10.8 Å². The maximum atomic E-state index is 12.3. The van der Waals surface area contributed by atoms with Crippen LogP contribution in [0.4, 0.5) is 0 Å². The summed E-state index contributed by atoms with van der Waals surface area (Å²) in [5.74, 6) is 0. The van der Waals surface area contributed by atoms with Crippen molar-refractivity contribution in [3.8, 4) is 0 Å². The van der Waals surface area contributed by atoms with E-state index in [0.717, 1.165) is 86.1 Å². The molecule has 0 fully saturated rings. The first kappa shape index (κ1) is 55.6. The molecule has 0 aliphatic rings. The van der Waals surface area contributed by atoms with Gasteiger partial charge in [0.05, 0.1) is 9.79 Å². The minimum Gasteiger partial charge on any atom is -0.744 e. The van der Waals surface area contributed by atoms with Crippen molar-refractivity contribution < 1.29 is 25.9 Å². The van der Waals surface area contributed by atoms with E-state index < -0.39 is 20.2 Å². The molecule has 0 atom stereocenters. The van der Waals surface area contributed by atoms with E-state index in [2.05, 4.69) is 27.7 Å². The van der Waals surface area contributed by atoms with E-state index in [1.807, 2.05) is 60.7 Å². The molecule has 9 heteroatoms. The molecule has 0 bridgehead atoms. The van der Waals surface area contributed by atoms with Crippen LogP contribution >= 0.6 is 0 Å². The van der Waals surface area contributed by atoms with E-state index in [4.69, 9.17) is 0 Å². The van der Waals surface area contributed by atoms with Gasteiger partial charge in [-0.2, -0.15) is 0 Å². The fourth-order valence-corrected chi connectivity index (χ4v) is 10.7. The number of benzene rings is 4. The predicted octanol–water partition coefficient (Wildman–Crippen LogP) is 14.7. The Morgan fingerprint density at radius 3 is 0.885 bits per heavy atom. The molecule has 0 unspecified atom stereocenters. The third-order valence-electron chi connectivity index (χ3n) is 12.0. The van der Waals surface area contributed by atoms with Gasteiger partial charge in [0.1, 0.15) is 20.2 Å². The summed E-state index contributed by atoms with van der Waals surface area (Å²) in [4.78, 5) is 0.0743. The molecule has 0 aliphatic heterocycles. The average molecular weight is 903 g/mol. The number of aryl methyl sites for hydroxylation is 4. The van der Waals surface area contributed by atoms with Crippen LogP contribution in [0.2, 0.25) is 0 Å². The summed E-state index contributed by atoms with van der Waals surface area (Å²) in [6.07, 6.45) is 31.0. The van der Waals surface area contributed by atoms with Gasteiger partial charge in [-0.15, -0.1) is 0 Å². The van der Waals surface area contributed by atoms with Crippen LogP contribution in [0.5, 0.6) is 0 Å². The molecule has 4 rings (SSSR count). The van der Waals surface area contributed by atoms with Gasteiger partial charge in [-0.25, -0.2) is 16.8 Å². The minimum atomic E-state index is -4.53. The first-order chi connectivity index (χ1) is 29.0. The molecule has 0 saturated carbocycles. The number of fused-ring (bicyclic) bond motifs is 2. The molecule has 4 aromatic rings. The summed E-state index contributed by atoms with van der Waals surface area (Å²) < 4.78 is 73.7. The third kappa shape index (κ3) is 20.0. The number of rotatable bonds is 30. The maximum absolute atomic E-state index is 12.3. The van der Waals surface area contributed by atoms with Crippen molar-refractivity contribution >= 4 is 79.5 Å². The minimum absolute atomic E-state index is 0. The van der Waals surface area contributed by atoms with Crippen LogP contribution in [0.1, 0.15) is 204 Å². The molecule has 0 spiro atoms. The van der Waals surface area contributed by atoms with Crippen molar-refractivity contribution in [1.29, 1.82) is 0 Å². The number of hydrogen-bond donors (Lipinski definition) is 0. The first-order valence-corrected chi connectivity index (χ1v) is 26.8. The molecule has 61 heavy (non-hydrogen) atoms. The Labute approximate surface area is 402 Å². The summed E-state index contributed by atoms with van der Waals surface area (Å²) in [5, 5.41) is 3.06. The molecular weight excluding hydrogens is 825 g/mol. The van der Waals surface area contributed by atoms with Crippen LogP contribution in [-0.4, -0.2) is 63.7 Å². The van der Waals surface area contributed by atoms with Gasteiger partial charge < -0.3 is 9.11 Å². The van der Waals surface area contributed by atoms with E-state index in [1.165, 1.54) is 103 Å². The number of unbranched alkanes of at least 4 members (excludes halogenated alkanes) is 20. The molecule has 0 radical (unpaired) electrons. The fraction of sp³-hybridized carbons (Fsp3) is 0.615. The van der Waals surface area contributed by atoms with Crippen molar-refractivity contribution in [2.75, 3.05) is 0 Å². The Morgan fingerprint density at radius 1 is 0.344 bits per heavy atom. The quantitative estimate of drug-likeness (QED) is 0.0292. The Hall–Kier alpha value is -1.52. The first-order valence-electron chi connectivity index (χ1n) is 24.0. The van der Waals surface area contributed by atoms with Crippen molar-refractivity contribution in [1.82, 2.24) is 0 Å². The van der Waals surface area contributed by atoms with Gasteiger partial charge in [0.25, 0.3) is 0 Å². The molecule has 0 saturated heterocycles. The molecule has 336 valence electrons. The Morgan fingerprint density at radius 2 is 0.607 bits per heavy atom. The summed E-state index contributed by atoms with van der Waals surface area (Å²) >= 11 is 0. The molecule has 0 amide bonds. The third-order valence-corrected chi connectivity index (χ3v) is 14.0. The van der Waals surface area contributed by atoms with E-state index in [0.29, 0.717) is 34.7 Å². The maximum Gasteiger partial charge on any atom is 2.00 e. The van der Waals surface area contributed by atoms with Gasteiger partial charge in [0.2, 0.25) is 0 Å². The summed E-state index contributed by atoms with van der Waals surface area (Å²) in [6, 6.07) is 19.5. The van der Waals surface area contributed by atoms with Gasteiger partial charge in [0.15, 0.2) is 0 Å². The van der Waals surface area contributed by atoms with Crippen LogP contribution in [0.15, 0.2) is 70.5 Å². The van der Waals surface area contributed by atoms with Crippen LogP contribution in [0, 0.1) is 0 Å². The zero-order chi connectivity index (χ0) is 43.6. The Bertz CT molecular complexity index is 1900. The van der Waals surface area contributed by atoms with E-state index in [9.17, 15) is 25.9 Å². The largest absolute Gasteiger partial charge is 2.00 e. The topological polar surface area (TPSA) is 114 Å². The van der Waals surface area contributed by atoms with Gasteiger partial charge in [-0.05, 0) is 84.4 Å². The molecule has 6 nitrogen and oxygen atoms in total. The molecule has 4 aromatic carbocycles. The zero-order valence-corrected chi connectivity index (χ0v) is 42.4. The smallest absolute Gasteiger partial charge is 0.744 e. The normalized spacial score (nSPS) is 11.8. The standard InChI is InChI=1S/2C26H40O3S.Ca/c2*1-3-5-7-9-11-13-16-22-18-15-19-23-20-21-24(17-14-12-10-8-6-4-2)26(25(22)23)30(27,28)29;/h2*15,18-21H,3-14,16-17H2,1-2H3,(H,27,28,29);/q;;+2/p-2. The Balaban J connectivity index is 0.000000413. The fourth-order valence-electron chi connectivity index (χ4n) is 8.69. The Kier molecular flexibility index (Phi) is 28.6. The van der Waals surface area contributed by atoms with Crippen molar-refractivity contribution in [2.45, 2.75) is 217 Å². The zero-order valence-electron chi connectivity index (χ0n) is 38.5. The van der Waals surface area contributed by atoms with Gasteiger partial charge in [-0.3, -0.25) is 0 Å². The van der Waals surface area contributed by atoms with Crippen LogP contribution in [0.25, 0.3) is 21.5 Å². The molecular formula is C52H78CaO6S2.